The second-order valence-electron chi connectivity index (χ2n) is 5.89. The second kappa shape index (κ2) is 6.43. The number of esters is 1. The number of benzene rings is 1. The molecule has 1 aromatic carbocycles. The molecule has 0 bridgehead atoms. The van der Waals surface area contributed by atoms with Gasteiger partial charge in [-0.1, -0.05) is 12.1 Å². The van der Waals surface area contributed by atoms with Gasteiger partial charge in [0.25, 0.3) is 11.8 Å². The monoisotopic (exact) mass is 330 g/mol. The first-order valence-electron chi connectivity index (χ1n) is 7.84. The number of methoxy groups -OCH3 is 1. The number of ether oxygens (including phenoxy) is 1. The Morgan fingerprint density at radius 3 is 2.25 bits per heavy atom. The summed E-state index contributed by atoms with van der Waals surface area (Å²) < 4.78 is 4.59. The molecule has 0 aromatic heterocycles. The van der Waals surface area contributed by atoms with Crippen molar-refractivity contribution in [2.75, 3.05) is 20.2 Å². The summed E-state index contributed by atoms with van der Waals surface area (Å²) in [5, 5.41) is 0. The van der Waals surface area contributed by atoms with E-state index in [-0.39, 0.29) is 31.5 Å². The molecule has 0 atom stereocenters. The Kier molecular flexibility index (Phi) is 4.33. The van der Waals surface area contributed by atoms with E-state index in [1.165, 1.54) is 7.11 Å². The molecule has 1 saturated carbocycles. The molecular formula is C17H18N2O5. The Morgan fingerprint density at radius 2 is 1.75 bits per heavy atom. The van der Waals surface area contributed by atoms with Crippen LogP contribution in [0.3, 0.4) is 0 Å². The summed E-state index contributed by atoms with van der Waals surface area (Å²) in [6, 6.07) is 6.60. The first-order valence-corrected chi connectivity index (χ1v) is 7.84. The average Bonchev–Trinajstić information content (AvgIpc) is 3.40. The van der Waals surface area contributed by atoms with Crippen molar-refractivity contribution in [3.63, 3.8) is 0 Å². The van der Waals surface area contributed by atoms with E-state index in [1.807, 2.05) is 0 Å². The first kappa shape index (κ1) is 16.2. The summed E-state index contributed by atoms with van der Waals surface area (Å²) >= 11 is 0. The first-order chi connectivity index (χ1) is 11.5. The van der Waals surface area contributed by atoms with Gasteiger partial charge in [-0.05, 0) is 25.0 Å². The molecule has 3 amide bonds. The third-order valence-corrected chi connectivity index (χ3v) is 4.26. The zero-order valence-electron chi connectivity index (χ0n) is 13.4. The lowest BCUT2D eigenvalue weighted by molar-refractivity contribution is -0.142. The van der Waals surface area contributed by atoms with Gasteiger partial charge in [0.2, 0.25) is 5.91 Å². The highest BCUT2D eigenvalue weighted by Gasteiger charge is 2.39. The molecule has 3 rings (SSSR count). The van der Waals surface area contributed by atoms with Gasteiger partial charge in [-0.25, -0.2) is 0 Å². The summed E-state index contributed by atoms with van der Waals surface area (Å²) in [7, 11) is 1.30. The van der Waals surface area contributed by atoms with Gasteiger partial charge in [0.15, 0.2) is 0 Å². The fraction of sp³-hybridized carbons (Fsp3) is 0.412. The van der Waals surface area contributed by atoms with Crippen LogP contribution in [0.25, 0.3) is 0 Å². The highest BCUT2D eigenvalue weighted by molar-refractivity contribution is 6.22. The molecule has 0 saturated heterocycles. The van der Waals surface area contributed by atoms with Crippen molar-refractivity contribution in [2.45, 2.75) is 25.3 Å². The van der Waals surface area contributed by atoms with Crippen LogP contribution in [-0.2, 0) is 14.3 Å². The van der Waals surface area contributed by atoms with Gasteiger partial charge in [0.1, 0.15) is 6.54 Å². The van der Waals surface area contributed by atoms with Gasteiger partial charge in [-0.3, -0.25) is 24.1 Å². The zero-order valence-corrected chi connectivity index (χ0v) is 13.4. The maximum absolute atomic E-state index is 12.6. The van der Waals surface area contributed by atoms with Gasteiger partial charge in [0.05, 0.1) is 24.7 Å². The molecule has 7 nitrogen and oxygen atoms in total. The fourth-order valence-corrected chi connectivity index (χ4v) is 2.82. The molecule has 2 aliphatic rings. The third-order valence-electron chi connectivity index (χ3n) is 4.26. The van der Waals surface area contributed by atoms with Crippen LogP contribution in [0.1, 0.15) is 40.0 Å². The van der Waals surface area contributed by atoms with Crippen molar-refractivity contribution in [3.8, 4) is 0 Å². The van der Waals surface area contributed by atoms with Crippen molar-refractivity contribution >= 4 is 23.7 Å². The molecule has 24 heavy (non-hydrogen) atoms. The van der Waals surface area contributed by atoms with Gasteiger partial charge < -0.3 is 9.64 Å². The van der Waals surface area contributed by atoms with E-state index in [1.54, 1.807) is 29.2 Å². The van der Waals surface area contributed by atoms with Gasteiger partial charge in [-0.15, -0.1) is 0 Å². The summed E-state index contributed by atoms with van der Waals surface area (Å²) in [4.78, 5) is 51.0. The number of carbonyl (C=O) groups excluding carboxylic acids is 4. The fourth-order valence-electron chi connectivity index (χ4n) is 2.82. The Morgan fingerprint density at radius 1 is 1.17 bits per heavy atom. The summed E-state index contributed by atoms with van der Waals surface area (Å²) in [5.74, 6) is -1.62. The van der Waals surface area contributed by atoms with Crippen LogP contribution in [0, 0.1) is 0 Å². The summed E-state index contributed by atoms with van der Waals surface area (Å²) in [6.07, 6.45) is 1.84. The molecule has 0 unspecified atom stereocenters. The Labute approximate surface area is 139 Å². The molecule has 1 heterocycles. The van der Waals surface area contributed by atoms with Crippen LogP contribution in [0.5, 0.6) is 0 Å². The summed E-state index contributed by atoms with van der Waals surface area (Å²) in [6.45, 7) is -0.0661. The molecular weight excluding hydrogens is 312 g/mol. The zero-order chi connectivity index (χ0) is 17.3. The number of carbonyl (C=O) groups is 4. The summed E-state index contributed by atoms with van der Waals surface area (Å²) in [5.41, 5.74) is 0.644. The molecule has 1 aliphatic carbocycles. The van der Waals surface area contributed by atoms with Gasteiger partial charge in [0, 0.05) is 12.6 Å². The number of amides is 3. The van der Waals surface area contributed by atoms with Crippen molar-refractivity contribution in [3.05, 3.63) is 35.4 Å². The number of imide groups is 1. The van der Waals surface area contributed by atoms with Crippen LogP contribution < -0.4 is 0 Å². The van der Waals surface area contributed by atoms with Crippen LogP contribution in [-0.4, -0.2) is 59.7 Å². The average molecular weight is 330 g/mol. The predicted octanol–water partition coefficient (Wildman–Crippen LogP) is 0.837. The minimum atomic E-state index is -0.451. The van der Waals surface area contributed by atoms with Crippen molar-refractivity contribution in [2.24, 2.45) is 0 Å². The third kappa shape index (κ3) is 3.02. The normalized spacial score (nSPS) is 16.1. The topological polar surface area (TPSA) is 84.0 Å². The number of hydrogen-bond acceptors (Lipinski definition) is 5. The molecule has 0 N–H and O–H groups in total. The van der Waals surface area contributed by atoms with Crippen LogP contribution in [0.15, 0.2) is 24.3 Å². The van der Waals surface area contributed by atoms with Crippen molar-refractivity contribution < 1.29 is 23.9 Å². The lowest BCUT2D eigenvalue weighted by Gasteiger charge is -2.24. The SMILES string of the molecule is COC(=O)CCN(C(=O)CN1C(=O)c2ccccc2C1=O)C1CC1. The maximum atomic E-state index is 12.6. The van der Waals surface area contributed by atoms with E-state index in [4.69, 9.17) is 0 Å². The van der Waals surface area contributed by atoms with Crippen LogP contribution in [0.2, 0.25) is 0 Å². The Hall–Kier alpha value is -2.70. The minimum Gasteiger partial charge on any atom is -0.469 e. The van der Waals surface area contributed by atoms with Gasteiger partial charge in [-0.2, -0.15) is 0 Å². The number of fused-ring (bicyclic) bond motifs is 1. The smallest absolute Gasteiger partial charge is 0.307 e. The van der Waals surface area contributed by atoms with Crippen molar-refractivity contribution in [1.82, 2.24) is 9.80 Å². The molecule has 1 aliphatic heterocycles. The molecule has 126 valence electrons. The number of rotatable bonds is 6. The van der Waals surface area contributed by atoms with E-state index in [9.17, 15) is 19.2 Å². The highest BCUT2D eigenvalue weighted by atomic mass is 16.5. The molecule has 0 radical (unpaired) electrons. The highest BCUT2D eigenvalue weighted by Crippen LogP contribution is 2.28. The van der Waals surface area contributed by atoms with Crippen LogP contribution in [0.4, 0.5) is 0 Å². The van der Waals surface area contributed by atoms with E-state index in [0.29, 0.717) is 11.1 Å². The van der Waals surface area contributed by atoms with E-state index in [0.717, 1.165) is 17.7 Å². The standard InChI is InChI=1S/C17H18N2O5/c1-24-15(21)8-9-18(11-6-7-11)14(20)10-19-16(22)12-4-2-3-5-13(12)17(19)23/h2-5,11H,6-10H2,1H3. The Bertz CT molecular complexity index is 676. The lowest BCUT2D eigenvalue weighted by atomic mass is 10.1. The second-order valence-corrected chi connectivity index (χ2v) is 5.89. The minimum absolute atomic E-state index is 0.0809. The molecule has 0 spiro atoms. The van der Waals surface area contributed by atoms with Crippen LogP contribution >= 0.6 is 0 Å². The molecule has 1 aromatic rings. The van der Waals surface area contributed by atoms with E-state index >= 15 is 0 Å². The maximum Gasteiger partial charge on any atom is 0.307 e. The predicted molar refractivity (Wildman–Crippen MR) is 83.2 cm³/mol. The molecule has 7 heteroatoms. The quantitative estimate of drug-likeness (QED) is 0.570. The van der Waals surface area contributed by atoms with E-state index < -0.39 is 17.8 Å². The Balaban J connectivity index is 1.68. The van der Waals surface area contributed by atoms with E-state index in [2.05, 4.69) is 4.74 Å². The molecule has 1 fully saturated rings. The number of nitrogens with zero attached hydrogens (tertiary/aromatic N) is 2. The van der Waals surface area contributed by atoms with Crippen molar-refractivity contribution in [1.29, 1.82) is 0 Å². The van der Waals surface area contributed by atoms with Gasteiger partial charge >= 0.3 is 5.97 Å². The lowest BCUT2D eigenvalue weighted by Crippen LogP contribution is -2.44. The largest absolute Gasteiger partial charge is 0.469 e. The number of hydrogen-bond donors (Lipinski definition) is 0.